The fourth-order valence-electron chi connectivity index (χ4n) is 3.64. The van der Waals surface area contributed by atoms with Gasteiger partial charge in [0.2, 0.25) is 11.8 Å². The Morgan fingerprint density at radius 2 is 2.16 bits per heavy atom. The highest BCUT2D eigenvalue weighted by molar-refractivity contribution is 5.92. The number of amides is 2. The van der Waals surface area contributed by atoms with Crippen molar-refractivity contribution in [3.63, 3.8) is 0 Å². The predicted octanol–water partition coefficient (Wildman–Crippen LogP) is 2.28. The minimum absolute atomic E-state index is 0.0426. The van der Waals surface area contributed by atoms with E-state index in [4.69, 9.17) is 4.74 Å². The third kappa shape index (κ3) is 4.60. The molecule has 3 heterocycles. The zero-order chi connectivity index (χ0) is 17.6. The van der Waals surface area contributed by atoms with Gasteiger partial charge in [0.05, 0.1) is 5.92 Å². The molecule has 2 amide bonds. The molecule has 0 radical (unpaired) electrons. The van der Waals surface area contributed by atoms with Gasteiger partial charge < -0.3 is 15.0 Å². The molecule has 2 aliphatic heterocycles. The number of anilines is 1. The van der Waals surface area contributed by atoms with E-state index in [0.29, 0.717) is 24.7 Å². The molecule has 3 rings (SSSR count). The van der Waals surface area contributed by atoms with Crippen molar-refractivity contribution in [3.05, 3.63) is 11.8 Å². The molecule has 0 saturated carbocycles. The maximum absolute atomic E-state index is 12.6. The second kappa shape index (κ2) is 8.47. The first-order chi connectivity index (χ1) is 12.2. The van der Waals surface area contributed by atoms with Crippen LogP contribution in [-0.2, 0) is 14.3 Å². The van der Waals surface area contributed by atoms with Crippen LogP contribution >= 0.6 is 0 Å². The van der Waals surface area contributed by atoms with Crippen LogP contribution in [0.2, 0.25) is 0 Å². The van der Waals surface area contributed by atoms with E-state index in [0.717, 1.165) is 57.6 Å². The highest BCUT2D eigenvalue weighted by Crippen LogP contribution is 2.27. The monoisotopic (exact) mass is 348 g/mol. The summed E-state index contributed by atoms with van der Waals surface area (Å²) in [6.45, 7) is 4.82. The number of H-pyrrole nitrogens is 1. The Morgan fingerprint density at radius 1 is 1.36 bits per heavy atom. The van der Waals surface area contributed by atoms with Gasteiger partial charge >= 0.3 is 0 Å². The standard InChI is InChI=1S/C18H28N4O3/c1-2-4-17(23)22-8-3-5-14(12-22)18(24)19-16-11-15(20-21-16)13-6-9-25-10-7-13/h11,13-14H,2-10,12H2,1H3,(H2,19,20,21,24). The normalized spacial score (nSPS) is 22.0. The van der Waals surface area contributed by atoms with Crippen molar-refractivity contribution < 1.29 is 14.3 Å². The summed E-state index contributed by atoms with van der Waals surface area (Å²) in [6.07, 6.45) is 5.05. The lowest BCUT2D eigenvalue weighted by Crippen LogP contribution is -2.43. The van der Waals surface area contributed by atoms with E-state index in [9.17, 15) is 9.59 Å². The van der Waals surface area contributed by atoms with E-state index in [1.807, 2.05) is 17.9 Å². The van der Waals surface area contributed by atoms with Gasteiger partial charge in [0.1, 0.15) is 0 Å². The van der Waals surface area contributed by atoms with Crippen LogP contribution in [-0.4, -0.2) is 53.2 Å². The molecule has 1 aromatic rings. The Balaban J connectivity index is 1.54. The molecule has 0 bridgehead atoms. The van der Waals surface area contributed by atoms with Crippen LogP contribution in [0.15, 0.2) is 6.07 Å². The quantitative estimate of drug-likeness (QED) is 0.854. The van der Waals surface area contributed by atoms with E-state index in [1.165, 1.54) is 0 Å². The first-order valence-corrected chi connectivity index (χ1v) is 9.39. The van der Waals surface area contributed by atoms with Crippen molar-refractivity contribution in [2.24, 2.45) is 5.92 Å². The Morgan fingerprint density at radius 3 is 2.92 bits per heavy atom. The number of hydrogen-bond donors (Lipinski definition) is 2. The molecule has 1 aromatic heterocycles. The lowest BCUT2D eigenvalue weighted by Gasteiger charge is -2.32. The van der Waals surface area contributed by atoms with Gasteiger partial charge in [0.25, 0.3) is 0 Å². The van der Waals surface area contributed by atoms with Gasteiger partial charge in [0.15, 0.2) is 5.82 Å². The fourth-order valence-corrected chi connectivity index (χ4v) is 3.64. The Kier molecular flexibility index (Phi) is 6.07. The molecular weight excluding hydrogens is 320 g/mol. The number of ether oxygens (including phenoxy) is 1. The van der Waals surface area contributed by atoms with E-state index in [-0.39, 0.29) is 17.7 Å². The average Bonchev–Trinajstić information content (AvgIpc) is 3.11. The van der Waals surface area contributed by atoms with Crippen molar-refractivity contribution in [1.29, 1.82) is 0 Å². The van der Waals surface area contributed by atoms with Crippen LogP contribution in [0.5, 0.6) is 0 Å². The molecule has 2 N–H and O–H groups in total. The molecule has 2 saturated heterocycles. The van der Waals surface area contributed by atoms with Gasteiger partial charge in [-0.25, -0.2) is 0 Å². The highest BCUT2D eigenvalue weighted by Gasteiger charge is 2.28. The Bertz CT molecular complexity index is 595. The maximum atomic E-state index is 12.6. The molecule has 2 aliphatic rings. The van der Waals surface area contributed by atoms with E-state index in [1.54, 1.807) is 0 Å². The maximum Gasteiger partial charge on any atom is 0.230 e. The SMILES string of the molecule is CCCC(=O)N1CCCC(C(=O)Nc2cc(C3CCOCC3)[nH]n2)C1. The topological polar surface area (TPSA) is 87.3 Å². The summed E-state index contributed by atoms with van der Waals surface area (Å²) in [6, 6.07) is 1.93. The summed E-state index contributed by atoms with van der Waals surface area (Å²) >= 11 is 0. The first kappa shape index (κ1) is 17.9. The lowest BCUT2D eigenvalue weighted by molar-refractivity contribution is -0.134. The zero-order valence-electron chi connectivity index (χ0n) is 14.9. The first-order valence-electron chi connectivity index (χ1n) is 9.39. The average molecular weight is 348 g/mol. The summed E-state index contributed by atoms with van der Waals surface area (Å²) in [5.41, 5.74) is 1.06. The molecule has 2 fully saturated rings. The van der Waals surface area contributed by atoms with E-state index >= 15 is 0 Å². The summed E-state index contributed by atoms with van der Waals surface area (Å²) in [7, 11) is 0. The molecule has 0 aromatic carbocycles. The number of aromatic amines is 1. The second-order valence-corrected chi connectivity index (χ2v) is 7.01. The zero-order valence-corrected chi connectivity index (χ0v) is 14.9. The lowest BCUT2D eigenvalue weighted by atomic mass is 9.96. The molecule has 7 heteroatoms. The molecule has 138 valence electrons. The van der Waals surface area contributed by atoms with E-state index < -0.39 is 0 Å². The molecule has 0 aliphatic carbocycles. The van der Waals surface area contributed by atoms with Crippen LogP contribution < -0.4 is 5.32 Å². The van der Waals surface area contributed by atoms with Gasteiger partial charge in [-0.05, 0) is 32.1 Å². The number of aromatic nitrogens is 2. The Hall–Kier alpha value is -1.89. The molecule has 25 heavy (non-hydrogen) atoms. The number of rotatable bonds is 5. The highest BCUT2D eigenvalue weighted by atomic mass is 16.5. The van der Waals surface area contributed by atoms with E-state index in [2.05, 4.69) is 15.5 Å². The number of carbonyl (C=O) groups excluding carboxylic acids is 2. The van der Waals surface area contributed by atoms with Crippen LogP contribution in [0.25, 0.3) is 0 Å². The van der Waals surface area contributed by atoms with Gasteiger partial charge in [-0.15, -0.1) is 0 Å². The smallest absolute Gasteiger partial charge is 0.230 e. The van der Waals surface area contributed by atoms with Crippen LogP contribution in [0.1, 0.15) is 57.1 Å². The third-order valence-electron chi connectivity index (χ3n) is 5.12. The molecule has 7 nitrogen and oxygen atoms in total. The predicted molar refractivity (Wildman–Crippen MR) is 94.2 cm³/mol. The number of carbonyl (C=O) groups is 2. The molecule has 1 unspecified atom stereocenters. The van der Waals surface area contributed by atoms with Crippen LogP contribution in [0.4, 0.5) is 5.82 Å². The van der Waals surface area contributed by atoms with Crippen molar-refractivity contribution in [3.8, 4) is 0 Å². The number of hydrogen-bond acceptors (Lipinski definition) is 4. The van der Waals surface area contributed by atoms with Gasteiger partial charge in [-0.2, -0.15) is 5.10 Å². The number of likely N-dealkylation sites (tertiary alicyclic amines) is 1. The van der Waals surface area contributed by atoms with Crippen molar-refractivity contribution in [1.82, 2.24) is 15.1 Å². The van der Waals surface area contributed by atoms with Crippen LogP contribution in [0.3, 0.4) is 0 Å². The molecular formula is C18H28N4O3. The Labute approximate surface area is 148 Å². The van der Waals surface area contributed by atoms with Crippen molar-refractivity contribution in [2.45, 2.75) is 51.4 Å². The second-order valence-electron chi connectivity index (χ2n) is 7.01. The number of nitrogens with one attached hydrogen (secondary N) is 2. The summed E-state index contributed by atoms with van der Waals surface area (Å²) in [4.78, 5) is 26.5. The summed E-state index contributed by atoms with van der Waals surface area (Å²) in [5.74, 6) is 0.950. The summed E-state index contributed by atoms with van der Waals surface area (Å²) < 4.78 is 5.38. The largest absolute Gasteiger partial charge is 0.381 e. The van der Waals surface area contributed by atoms with Crippen molar-refractivity contribution in [2.75, 3.05) is 31.6 Å². The minimum atomic E-state index is -0.155. The minimum Gasteiger partial charge on any atom is -0.381 e. The fraction of sp³-hybridized carbons (Fsp3) is 0.722. The van der Waals surface area contributed by atoms with Gasteiger partial charge in [-0.3, -0.25) is 14.7 Å². The van der Waals surface area contributed by atoms with Crippen LogP contribution in [0, 0.1) is 5.92 Å². The third-order valence-corrected chi connectivity index (χ3v) is 5.12. The van der Waals surface area contributed by atoms with Crippen molar-refractivity contribution >= 4 is 17.6 Å². The summed E-state index contributed by atoms with van der Waals surface area (Å²) in [5, 5.41) is 10.2. The molecule has 0 spiro atoms. The van der Waals surface area contributed by atoms with Gasteiger partial charge in [-0.1, -0.05) is 6.92 Å². The number of nitrogens with zero attached hydrogens (tertiary/aromatic N) is 2. The molecule has 1 atom stereocenters. The number of piperidine rings is 1. The van der Waals surface area contributed by atoms with Gasteiger partial charge in [0, 0.05) is 50.4 Å².